The summed E-state index contributed by atoms with van der Waals surface area (Å²) in [4.78, 5) is 13.0. The zero-order chi connectivity index (χ0) is 20.0. The highest BCUT2D eigenvalue weighted by Gasteiger charge is 2.22. The smallest absolute Gasteiger partial charge is 0.255 e. The van der Waals surface area contributed by atoms with Crippen LogP contribution < -0.4 is 5.32 Å². The molecule has 1 amide bonds. The summed E-state index contributed by atoms with van der Waals surface area (Å²) in [6.07, 6.45) is 1.61. The predicted octanol–water partition coefficient (Wildman–Crippen LogP) is 4.09. The number of benzene rings is 2. The molecule has 0 bridgehead atoms. The fraction of sp³-hybridized carbons (Fsp3) is 0.381. The molecular formula is C21H28N2O3S. The van der Waals surface area contributed by atoms with Crippen LogP contribution in [0.2, 0.25) is 0 Å². The van der Waals surface area contributed by atoms with E-state index < -0.39 is 10.0 Å². The molecule has 0 atom stereocenters. The molecule has 0 heterocycles. The first-order chi connectivity index (χ1) is 12.9. The van der Waals surface area contributed by atoms with Crippen molar-refractivity contribution in [1.29, 1.82) is 0 Å². The molecule has 0 aliphatic rings. The van der Waals surface area contributed by atoms with Crippen LogP contribution in [-0.4, -0.2) is 31.7 Å². The Labute approximate surface area is 162 Å². The molecule has 6 heteroatoms. The summed E-state index contributed by atoms with van der Waals surface area (Å²) in [6.45, 7) is 8.46. The number of para-hydroxylation sites is 1. The summed E-state index contributed by atoms with van der Waals surface area (Å²) in [5, 5.41) is 2.99. The van der Waals surface area contributed by atoms with Gasteiger partial charge in [0.25, 0.3) is 5.91 Å². The highest BCUT2D eigenvalue weighted by molar-refractivity contribution is 7.89. The van der Waals surface area contributed by atoms with Gasteiger partial charge in [-0.25, -0.2) is 8.42 Å². The van der Waals surface area contributed by atoms with Crippen molar-refractivity contribution in [2.75, 3.05) is 18.4 Å². The second-order valence-corrected chi connectivity index (χ2v) is 8.17. The van der Waals surface area contributed by atoms with E-state index in [2.05, 4.69) is 5.32 Å². The number of nitrogens with zero attached hydrogens (tertiary/aromatic N) is 1. The Morgan fingerprint density at radius 2 is 1.48 bits per heavy atom. The van der Waals surface area contributed by atoms with Gasteiger partial charge < -0.3 is 5.32 Å². The number of nitrogens with one attached hydrogen (secondary N) is 1. The number of aryl methyl sites for hydroxylation is 2. The van der Waals surface area contributed by atoms with Crippen LogP contribution in [0.4, 0.5) is 5.69 Å². The fourth-order valence-electron chi connectivity index (χ4n) is 3.10. The van der Waals surface area contributed by atoms with Crippen molar-refractivity contribution >= 4 is 21.6 Å². The third-order valence-corrected chi connectivity index (χ3v) is 6.72. The summed E-state index contributed by atoms with van der Waals surface area (Å²) in [7, 11) is -3.60. The van der Waals surface area contributed by atoms with Crippen LogP contribution in [-0.2, 0) is 22.9 Å². The van der Waals surface area contributed by atoms with Gasteiger partial charge in [0.05, 0.1) is 4.90 Å². The third-order valence-electron chi connectivity index (χ3n) is 4.68. The van der Waals surface area contributed by atoms with Crippen LogP contribution in [0.1, 0.15) is 49.2 Å². The molecule has 1 N–H and O–H groups in total. The number of anilines is 1. The molecule has 0 unspecified atom stereocenters. The number of hydrogen-bond donors (Lipinski definition) is 1. The van der Waals surface area contributed by atoms with Gasteiger partial charge in [-0.05, 0) is 42.2 Å². The lowest BCUT2D eigenvalue weighted by Gasteiger charge is -2.19. The lowest BCUT2D eigenvalue weighted by molar-refractivity contribution is 0.102. The van der Waals surface area contributed by atoms with Crippen molar-refractivity contribution in [3.63, 3.8) is 0 Å². The van der Waals surface area contributed by atoms with Crippen LogP contribution in [0.5, 0.6) is 0 Å². The third kappa shape index (κ3) is 4.57. The molecule has 0 saturated heterocycles. The normalized spacial score (nSPS) is 11.6. The van der Waals surface area contributed by atoms with Crippen molar-refractivity contribution in [1.82, 2.24) is 4.31 Å². The fourth-order valence-corrected chi connectivity index (χ4v) is 4.60. The molecule has 2 rings (SSSR count). The Balaban J connectivity index is 2.37. The monoisotopic (exact) mass is 388 g/mol. The molecule has 2 aromatic carbocycles. The maximum atomic E-state index is 12.8. The highest BCUT2D eigenvalue weighted by atomic mass is 32.2. The van der Waals surface area contributed by atoms with Gasteiger partial charge in [0.1, 0.15) is 0 Å². The molecule has 2 aromatic rings. The number of sulfonamides is 1. The highest BCUT2D eigenvalue weighted by Crippen LogP contribution is 2.24. The predicted molar refractivity (Wildman–Crippen MR) is 110 cm³/mol. The van der Waals surface area contributed by atoms with Gasteiger partial charge >= 0.3 is 0 Å². The van der Waals surface area contributed by atoms with E-state index in [0.717, 1.165) is 29.7 Å². The summed E-state index contributed by atoms with van der Waals surface area (Å²) >= 11 is 0. The van der Waals surface area contributed by atoms with Crippen molar-refractivity contribution in [3.05, 3.63) is 59.2 Å². The van der Waals surface area contributed by atoms with Crippen LogP contribution in [0, 0.1) is 0 Å². The average Bonchev–Trinajstić information content (AvgIpc) is 2.68. The topological polar surface area (TPSA) is 66.5 Å². The van der Waals surface area contributed by atoms with E-state index in [1.165, 1.54) is 16.4 Å². The minimum Gasteiger partial charge on any atom is -0.321 e. The van der Waals surface area contributed by atoms with Crippen molar-refractivity contribution in [2.24, 2.45) is 0 Å². The average molecular weight is 389 g/mol. The van der Waals surface area contributed by atoms with E-state index >= 15 is 0 Å². The van der Waals surface area contributed by atoms with E-state index in [0.29, 0.717) is 18.7 Å². The Hall–Kier alpha value is -2.18. The molecule has 5 nitrogen and oxygen atoms in total. The number of hydrogen-bond acceptors (Lipinski definition) is 3. The van der Waals surface area contributed by atoms with Crippen LogP contribution >= 0.6 is 0 Å². The largest absolute Gasteiger partial charge is 0.321 e. The Morgan fingerprint density at radius 1 is 0.926 bits per heavy atom. The Bertz CT molecular complexity index is 881. The molecule has 0 saturated carbocycles. The summed E-state index contributed by atoms with van der Waals surface area (Å²) in [5.74, 6) is -0.304. The van der Waals surface area contributed by atoms with Crippen molar-refractivity contribution in [3.8, 4) is 0 Å². The minimum atomic E-state index is -3.60. The molecule has 146 valence electrons. The summed E-state index contributed by atoms with van der Waals surface area (Å²) in [5.41, 5.74) is 3.28. The second kappa shape index (κ2) is 9.15. The minimum absolute atomic E-state index is 0.137. The lowest BCUT2D eigenvalue weighted by atomic mass is 10.0. The van der Waals surface area contributed by atoms with E-state index in [9.17, 15) is 13.2 Å². The van der Waals surface area contributed by atoms with Gasteiger partial charge in [0.15, 0.2) is 0 Å². The first-order valence-electron chi connectivity index (χ1n) is 9.41. The number of carbonyl (C=O) groups excluding carboxylic acids is 1. The van der Waals surface area contributed by atoms with E-state index in [4.69, 9.17) is 0 Å². The van der Waals surface area contributed by atoms with E-state index in [1.807, 2.05) is 32.0 Å². The Morgan fingerprint density at radius 3 is 2.00 bits per heavy atom. The van der Waals surface area contributed by atoms with Gasteiger partial charge in [-0.15, -0.1) is 0 Å². The number of rotatable bonds is 8. The summed E-state index contributed by atoms with van der Waals surface area (Å²) in [6, 6.07) is 12.2. The van der Waals surface area contributed by atoms with Gasteiger partial charge in [-0.1, -0.05) is 52.0 Å². The quantitative estimate of drug-likeness (QED) is 0.740. The zero-order valence-electron chi connectivity index (χ0n) is 16.5. The number of carbonyl (C=O) groups is 1. The van der Waals surface area contributed by atoms with Crippen molar-refractivity contribution in [2.45, 2.75) is 45.4 Å². The molecular weight excluding hydrogens is 360 g/mol. The molecule has 0 fully saturated rings. The van der Waals surface area contributed by atoms with Gasteiger partial charge in [-0.2, -0.15) is 4.31 Å². The van der Waals surface area contributed by atoms with Gasteiger partial charge in [-0.3, -0.25) is 4.79 Å². The van der Waals surface area contributed by atoms with E-state index in [1.54, 1.807) is 26.0 Å². The maximum absolute atomic E-state index is 12.8. The van der Waals surface area contributed by atoms with Gasteiger partial charge in [0, 0.05) is 24.3 Å². The molecule has 0 aliphatic heterocycles. The van der Waals surface area contributed by atoms with Crippen LogP contribution in [0.15, 0.2) is 47.4 Å². The summed E-state index contributed by atoms with van der Waals surface area (Å²) < 4.78 is 26.8. The molecule has 27 heavy (non-hydrogen) atoms. The van der Waals surface area contributed by atoms with Crippen molar-refractivity contribution < 1.29 is 13.2 Å². The molecule has 0 aromatic heterocycles. The van der Waals surface area contributed by atoms with E-state index in [-0.39, 0.29) is 10.8 Å². The van der Waals surface area contributed by atoms with Gasteiger partial charge in [0.2, 0.25) is 10.0 Å². The zero-order valence-corrected chi connectivity index (χ0v) is 17.3. The SMILES string of the molecule is CCc1cccc(CC)c1NC(=O)c1cccc(S(=O)(=O)N(CC)CC)c1. The maximum Gasteiger partial charge on any atom is 0.255 e. The first-order valence-corrected chi connectivity index (χ1v) is 10.8. The second-order valence-electron chi connectivity index (χ2n) is 6.23. The lowest BCUT2D eigenvalue weighted by Crippen LogP contribution is -2.30. The molecule has 0 radical (unpaired) electrons. The molecule has 0 spiro atoms. The van der Waals surface area contributed by atoms with Crippen LogP contribution in [0.25, 0.3) is 0 Å². The van der Waals surface area contributed by atoms with Crippen LogP contribution in [0.3, 0.4) is 0 Å². The Kier molecular flexibility index (Phi) is 7.16. The first kappa shape index (κ1) is 21.1. The number of amides is 1. The standard InChI is InChI=1S/C21H28N2O3S/c1-5-16-11-9-12-17(6-2)20(16)22-21(24)18-13-10-14-19(15-18)27(25,26)23(7-3)8-4/h9-15H,5-8H2,1-4H3,(H,22,24). The molecule has 0 aliphatic carbocycles.